The van der Waals surface area contributed by atoms with Gasteiger partial charge in [-0.1, -0.05) is 0 Å². The average Bonchev–Trinajstić information content (AvgIpc) is 3.08. The van der Waals surface area contributed by atoms with E-state index in [0.717, 1.165) is 0 Å². The number of amides is 1. The van der Waals surface area contributed by atoms with Crippen molar-refractivity contribution in [3.05, 3.63) is 53.8 Å². The number of ether oxygens (including phenoxy) is 3. The highest BCUT2D eigenvalue weighted by molar-refractivity contribution is 6.16. The van der Waals surface area contributed by atoms with Crippen molar-refractivity contribution in [2.24, 2.45) is 5.73 Å². The lowest BCUT2D eigenvalue weighted by Gasteiger charge is -2.09. The monoisotopic (exact) mass is 355 g/mol. The third-order valence-electron chi connectivity index (χ3n) is 3.82. The molecule has 0 radical (unpaired) electrons. The van der Waals surface area contributed by atoms with Crippen LogP contribution in [-0.2, 0) is 4.79 Å². The first kappa shape index (κ1) is 17.3. The molecule has 0 saturated carbocycles. The number of benzene rings is 2. The zero-order valence-electron chi connectivity index (χ0n) is 14.3. The summed E-state index contributed by atoms with van der Waals surface area (Å²) in [5.41, 5.74) is 6.40. The standard InChI is InChI=1S/C19H17NO6/c1-23-16-5-3-11(7-17(16)24-2)19(22)14-9-26-15-6-4-12(8-13(14)15)25-10-18(20)21/h3-9H,10H2,1-2H3,(H2,20,21). The van der Waals surface area contributed by atoms with Gasteiger partial charge >= 0.3 is 0 Å². The van der Waals surface area contributed by atoms with E-state index in [9.17, 15) is 9.59 Å². The Balaban J connectivity index is 1.97. The van der Waals surface area contributed by atoms with Gasteiger partial charge in [0.2, 0.25) is 0 Å². The van der Waals surface area contributed by atoms with Crippen LogP contribution in [0.2, 0.25) is 0 Å². The minimum absolute atomic E-state index is 0.239. The molecule has 26 heavy (non-hydrogen) atoms. The Bertz CT molecular complexity index is 975. The molecule has 134 valence electrons. The topological polar surface area (TPSA) is 101 Å². The number of primary amides is 1. The third-order valence-corrected chi connectivity index (χ3v) is 3.82. The molecule has 3 rings (SSSR count). The van der Waals surface area contributed by atoms with Crippen molar-refractivity contribution in [1.29, 1.82) is 0 Å². The van der Waals surface area contributed by atoms with Gasteiger partial charge in [0, 0.05) is 10.9 Å². The highest BCUT2D eigenvalue weighted by Crippen LogP contribution is 2.31. The Kier molecular flexibility index (Phi) is 4.79. The second-order valence-corrected chi connectivity index (χ2v) is 5.46. The largest absolute Gasteiger partial charge is 0.493 e. The fourth-order valence-corrected chi connectivity index (χ4v) is 2.56. The van der Waals surface area contributed by atoms with Gasteiger partial charge in [0.1, 0.15) is 17.6 Å². The molecule has 0 bridgehead atoms. The summed E-state index contributed by atoms with van der Waals surface area (Å²) < 4.78 is 21.2. The van der Waals surface area contributed by atoms with E-state index in [1.807, 2.05) is 0 Å². The van der Waals surface area contributed by atoms with Crippen molar-refractivity contribution in [2.45, 2.75) is 0 Å². The van der Waals surface area contributed by atoms with Gasteiger partial charge in [-0.25, -0.2) is 0 Å². The van der Waals surface area contributed by atoms with Crippen molar-refractivity contribution in [1.82, 2.24) is 0 Å². The Hall–Kier alpha value is -3.48. The number of fused-ring (bicyclic) bond motifs is 1. The van der Waals surface area contributed by atoms with E-state index in [1.54, 1.807) is 36.4 Å². The molecule has 0 atom stereocenters. The molecule has 0 aliphatic carbocycles. The number of methoxy groups -OCH3 is 2. The molecular formula is C19H17NO6. The van der Waals surface area contributed by atoms with E-state index in [4.69, 9.17) is 24.4 Å². The molecule has 0 unspecified atom stereocenters. The summed E-state index contributed by atoms with van der Waals surface area (Å²) >= 11 is 0. The van der Waals surface area contributed by atoms with Crippen molar-refractivity contribution in [2.75, 3.05) is 20.8 Å². The molecule has 0 aliphatic rings. The lowest BCUT2D eigenvalue weighted by molar-refractivity contribution is -0.119. The number of hydrogen-bond acceptors (Lipinski definition) is 6. The summed E-state index contributed by atoms with van der Waals surface area (Å²) in [5, 5.41) is 0.576. The predicted octanol–water partition coefficient (Wildman–Crippen LogP) is 2.55. The van der Waals surface area contributed by atoms with E-state index in [1.165, 1.54) is 20.5 Å². The van der Waals surface area contributed by atoms with E-state index in [-0.39, 0.29) is 12.4 Å². The number of hydrogen-bond donors (Lipinski definition) is 1. The number of carbonyl (C=O) groups is 2. The van der Waals surface area contributed by atoms with Crippen LogP contribution in [0.5, 0.6) is 17.2 Å². The van der Waals surface area contributed by atoms with Crippen LogP contribution < -0.4 is 19.9 Å². The summed E-state index contributed by atoms with van der Waals surface area (Å²) in [6, 6.07) is 9.85. The minimum atomic E-state index is -0.584. The summed E-state index contributed by atoms with van der Waals surface area (Å²) in [5.74, 6) is 0.578. The maximum Gasteiger partial charge on any atom is 0.255 e. The van der Waals surface area contributed by atoms with Gasteiger partial charge in [-0.3, -0.25) is 9.59 Å². The van der Waals surface area contributed by atoms with Gasteiger partial charge in [0.25, 0.3) is 5.91 Å². The molecule has 1 heterocycles. The van der Waals surface area contributed by atoms with Crippen LogP contribution in [0.4, 0.5) is 0 Å². The van der Waals surface area contributed by atoms with Crippen LogP contribution in [0.1, 0.15) is 15.9 Å². The predicted molar refractivity (Wildman–Crippen MR) is 93.9 cm³/mol. The van der Waals surface area contributed by atoms with Crippen LogP contribution >= 0.6 is 0 Å². The Morgan fingerprint density at radius 2 is 1.81 bits per heavy atom. The molecule has 0 aliphatic heterocycles. The molecule has 0 fully saturated rings. The molecule has 1 amide bonds. The maximum absolute atomic E-state index is 12.9. The molecule has 0 saturated heterocycles. The van der Waals surface area contributed by atoms with Crippen LogP contribution in [0.15, 0.2) is 47.1 Å². The zero-order valence-corrected chi connectivity index (χ0v) is 14.3. The summed E-state index contributed by atoms with van der Waals surface area (Å²) in [6.07, 6.45) is 1.39. The van der Waals surface area contributed by atoms with Crippen LogP contribution in [0.3, 0.4) is 0 Å². The first-order chi connectivity index (χ1) is 12.5. The van der Waals surface area contributed by atoms with Crippen molar-refractivity contribution in [3.63, 3.8) is 0 Å². The van der Waals surface area contributed by atoms with Crippen molar-refractivity contribution >= 4 is 22.7 Å². The summed E-state index contributed by atoms with van der Waals surface area (Å²) in [4.78, 5) is 23.8. The highest BCUT2D eigenvalue weighted by Gasteiger charge is 2.18. The van der Waals surface area contributed by atoms with Crippen molar-refractivity contribution < 1.29 is 28.2 Å². The number of carbonyl (C=O) groups excluding carboxylic acids is 2. The Labute approximate surface area is 149 Å². The number of furan rings is 1. The third kappa shape index (κ3) is 3.32. The molecule has 7 heteroatoms. The van der Waals surface area contributed by atoms with Crippen LogP contribution in [0.25, 0.3) is 11.0 Å². The molecule has 7 nitrogen and oxygen atoms in total. The Morgan fingerprint density at radius 1 is 1.04 bits per heavy atom. The molecule has 2 N–H and O–H groups in total. The normalized spacial score (nSPS) is 10.5. The second kappa shape index (κ2) is 7.18. The molecule has 2 aromatic carbocycles. The SMILES string of the molecule is COc1ccc(C(=O)c2coc3ccc(OCC(N)=O)cc23)cc1OC. The van der Waals surface area contributed by atoms with Gasteiger partial charge in [0.05, 0.1) is 19.8 Å². The first-order valence-corrected chi connectivity index (χ1v) is 7.72. The van der Waals surface area contributed by atoms with E-state index >= 15 is 0 Å². The fraction of sp³-hybridized carbons (Fsp3) is 0.158. The fourth-order valence-electron chi connectivity index (χ4n) is 2.56. The molecular weight excluding hydrogens is 338 g/mol. The van der Waals surface area contributed by atoms with Crippen LogP contribution in [-0.4, -0.2) is 32.5 Å². The average molecular weight is 355 g/mol. The van der Waals surface area contributed by atoms with Gasteiger partial charge in [-0.15, -0.1) is 0 Å². The number of nitrogens with two attached hydrogens (primary N) is 1. The van der Waals surface area contributed by atoms with E-state index < -0.39 is 5.91 Å². The summed E-state index contributed by atoms with van der Waals surface area (Å²) in [6.45, 7) is -0.248. The van der Waals surface area contributed by atoms with Gasteiger partial charge in [-0.2, -0.15) is 0 Å². The molecule has 1 aromatic heterocycles. The lowest BCUT2D eigenvalue weighted by atomic mass is 10.0. The summed E-state index contributed by atoms with van der Waals surface area (Å²) in [7, 11) is 3.03. The van der Waals surface area contributed by atoms with E-state index in [0.29, 0.717) is 39.3 Å². The Morgan fingerprint density at radius 3 is 2.50 bits per heavy atom. The number of ketones is 1. The van der Waals surface area contributed by atoms with Gasteiger partial charge in [0.15, 0.2) is 23.9 Å². The quantitative estimate of drug-likeness (QED) is 0.654. The van der Waals surface area contributed by atoms with Crippen molar-refractivity contribution in [3.8, 4) is 17.2 Å². The zero-order chi connectivity index (χ0) is 18.7. The van der Waals surface area contributed by atoms with E-state index in [2.05, 4.69) is 0 Å². The molecule has 3 aromatic rings. The van der Waals surface area contributed by atoms with Gasteiger partial charge < -0.3 is 24.4 Å². The van der Waals surface area contributed by atoms with Crippen LogP contribution in [0, 0.1) is 0 Å². The smallest absolute Gasteiger partial charge is 0.255 e. The maximum atomic E-state index is 12.9. The van der Waals surface area contributed by atoms with Gasteiger partial charge in [-0.05, 0) is 36.4 Å². The molecule has 0 spiro atoms. The minimum Gasteiger partial charge on any atom is -0.493 e. The highest BCUT2D eigenvalue weighted by atomic mass is 16.5. The second-order valence-electron chi connectivity index (χ2n) is 5.46. The lowest BCUT2D eigenvalue weighted by Crippen LogP contribution is -2.19. The number of rotatable bonds is 7. The first-order valence-electron chi connectivity index (χ1n) is 7.72.